The molecule has 55 valence electrons. The minimum atomic E-state index is -3.12. The first-order chi connectivity index (χ1) is 4.50. The van der Waals surface area contributed by atoms with Crippen molar-refractivity contribution < 1.29 is 8.42 Å². The molecule has 10 heavy (non-hydrogen) atoms. The van der Waals surface area contributed by atoms with Crippen LogP contribution in [0.15, 0.2) is 10.4 Å². The van der Waals surface area contributed by atoms with Crippen LogP contribution >= 0.6 is 11.3 Å². The molecule has 0 N–H and O–H groups in total. The molecule has 0 fully saturated rings. The Labute approximate surface area is 63.6 Å². The summed E-state index contributed by atoms with van der Waals surface area (Å²) in [6.45, 7) is 3.50. The third kappa shape index (κ3) is 1.54. The molecule has 3 nitrogen and oxygen atoms in total. The summed E-state index contributed by atoms with van der Waals surface area (Å²) in [5.41, 5.74) is 0. The topological polar surface area (TPSA) is 47.0 Å². The van der Waals surface area contributed by atoms with E-state index in [9.17, 15) is 8.42 Å². The number of aromatic nitrogens is 1. The number of hydrogen-bond donors (Lipinski definition) is 0. The van der Waals surface area contributed by atoms with Crippen LogP contribution in [-0.2, 0) is 9.84 Å². The molecular weight excluding hydrogens is 170 g/mol. The van der Waals surface area contributed by atoms with Gasteiger partial charge in [0.15, 0.2) is 14.9 Å². The number of thiazole rings is 1. The highest BCUT2D eigenvalue weighted by molar-refractivity contribution is 7.90. The summed E-state index contributed by atoms with van der Waals surface area (Å²) in [6.07, 6.45) is 1.13. The highest BCUT2D eigenvalue weighted by Gasteiger charge is 2.09. The molecule has 5 heteroatoms. The normalized spacial score (nSPS) is 11.8. The molecule has 0 aliphatic carbocycles. The Morgan fingerprint density at radius 1 is 1.70 bits per heavy atom. The zero-order valence-corrected chi connectivity index (χ0v) is 7.00. The van der Waals surface area contributed by atoms with Gasteiger partial charge in [-0.1, -0.05) is 0 Å². The molecular formula is C5H6NO2S2. The third-order valence-electron chi connectivity index (χ3n) is 0.911. The van der Waals surface area contributed by atoms with Crippen molar-refractivity contribution in [1.82, 2.24) is 4.98 Å². The second-order valence-corrected chi connectivity index (χ2v) is 4.76. The van der Waals surface area contributed by atoms with Gasteiger partial charge in [-0.25, -0.2) is 13.4 Å². The van der Waals surface area contributed by atoms with E-state index in [0.29, 0.717) is 5.01 Å². The van der Waals surface area contributed by atoms with Crippen molar-refractivity contribution in [1.29, 1.82) is 0 Å². The fourth-order valence-corrected chi connectivity index (χ4v) is 2.08. The van der Waals surface area contributed by atoms with Gasteiger partial charge in [0.05, 0.1) is 5.01 Å². The van der Waals surface area contributed by atoms with Crippen LogP contribution in [0.25, 0.3) is 0 Å². The third-order valence-corrected chi connectivity index (χ3v) is 2.73. The summed E-state index contributed by atoms with van der Waals surface area (Å²) < 4.78 is 21.5. The van der Waals surface area contributed by atoms with E-state index in [1.165, 1.54) is 16.7 Å². The highest BCUT2D eigenvalue weighted by Crippen LogP contribution is 2.12. The molecule has 0 spiro atoms. The molecule has 1 aromatic rings. The van der Waals surface area contributed by atoms with E-state index in [2.05, 4.69) is 11.9 Å². The summed E-state index contributed by atoms with van der Waals surface area (Å²) in [5.74, 6) is 0. The van der Waals surface area contributed by atoms with Crippen LogP contribution in [0, 0.1) is 6.92 Å². The molecule has 1 aromatic heterocycles. The van der Waals surface area contributed by atoms with Crippen LogP contribution in [0.2, 0.25) is 0 Å². The molecule has 1 heterocycles. The first-order valence-corrected chi connectivity index (χ1v) is 5.25. The zero-order chi connectivity index (χ0) is 7.78. The van der Waals surface area contributed by atoms with Crippen LogP contribution in [-0.4, -0.2) is 19.7 Å². The van der Waals surface area contributed by atoms with E-state index in [1.54, 1.807) is 0 Å². The molecule has 0 saturated heterocycles. The van der Waals surface area contributed by atoms with Crippen molar-refractivity contribution in [2.24, 2.45) is 0 Å². The molecule has 0 bridgehead atoms. The summed E-state index contributed by atoms with van der Waals surface area (Å²) in [5, 5.41) is 2.13. The van der Waals surface area contributed by atoms with E-state index < -0.39 is 9.84 Å². The Morgan fingerprint density at radius 2 is 2.30 bits per heavy atom. The van der Waals surface area contributed by atoms with Gasteiger partial charge in [-0.05, 0) is 0 Å². The smallest absolute Gasteiger partial charge is 0.193 e. The van der Waals surface area contributed by atoms with Crippen molar-refractivity contribution in [3.05, 3.63) is 17.3 Å². The predicted molar refractivity (Wildman–Crippen MR) is 39.7 cm³/mol. The van der Waals surface area contributed by atoms with Gasteiger partial charge in [0, 0.05) is 18.6 Å². The Morgan fingerprint density at radius 3 is 2.50 bits per heavy atom. The van der Waals surface area contributed by atoms with Crippen molar-refractivity contribution in [3.63, 3.8) is 0 Å². The SMILES string of the molecule is [CH2]c1nc(S(C)(=O)=O)cs1. The van der Waals surface area contributed by atoms with Gasteiger partial charge in [-0.2, -0.15) is 0 Å². The lowest BCUT2D eigenvalue weighted by Crippen LogP contribution is -1.96. The Kier molecular flexibility index (Phi) is 1.78. The molecule has 0 unspecified atom stereocenters. The van der Waals surface area contributed by atoms with Gasteiger partial charge in [0.1, 0.15) is 0 Å². The van der Waals surface area contributed by atoms with Crippen molar-refractivity contribution in [3.8, 4) is 0 Å². The standard InChI is InChI=1S/C5H6NO2S2/c1-4-6-5(3-9-4)10(2,7)8/h3H,1H2,2H3. The van der Waals surface area contributed by atoms with Gasteiger partial charge in [-0.3, -0.25) is 0 Å². The number of sulfone groups is 1. The number of hydrogen-bond acceptors (Lipinski definition) is 4. The van der Waals surface area contributed by atoms with Gasteiger partial charge in [0.2, 0.25) is 0 Å². The van der Waals surface area contributed by atoms with Crippen molar-refractivity contribution in [2.75, 3.05) is 6.26 Å². The number of rotatable bonds is 1. The van der Waals surface area contributed by atoms with Crippen molar-refractivity contribution in [2.45, 2.75) is 5.03 Å². The van der Waals surface area contributed by atoms with Crippen LogP contribution in [0.1, 0.15) is 5.01 Å². The van der Waals surface area contributed by atoms with E-state index in [-0.39, 0.29) is 5.03 Å². The fraction of sp³-hybridized carbons (Fsp3) is 0.200. The Hall–Kier alpha value is -0.420. The molecule has 0 saturated carbocycles. The molecule has 0 aromatic carbocycles. The monoisotopic (exact) mass is 176 g/mol. The maximum Gasteiger partial charge on any atom is 0.193 e. The minimum absolute atomic E-state index is 0.113. The second-order valence-electron chi connectivity index (χ2n) is 1.85. The van der Waals surface area contributed by atoms with Gasteiger partial charge in [0.25, 0.3) is 0 Å². The maximum atomic E-state index is 10.8. The quantitative estimate of drug-likeness (QED) is 0.633. The molecule has 0 aliphatic rings. The van der Waals surface area contributed by atoms with Gasteiger partial charge in [-0.15, -0.1) is 11.3 Å². The van der Waals surface area contributed by atoms with Crippen LogP contribution < -0.4 is 0 Å². The first-order valence-electron chi connectivity index (χ1n) is 2.47. The van der Waals surface area contributed by atoms with E-state index in [0.717, 1.165) is 6.26 Å². The Balaban J connectivity index is 3.21. The van der Waals surface area contributed by atoms with Crippen molar-refractivity contribution >= 4 is 21.2 Å². The van der Waals surface area contributed by atoms with E-state index in [1.807, 2.05) is 0 Å². The summed E-state index contributed by atoms with van der Waals surface area (Å²) >= 11 is 1.23. The van der Waals surface area contributed by atoms with Crippen LogP contribution in [0.5, 0.6) is 0 Å². The first kappa shape index (κ1) is 7.68. The molecule has 1 radical (unpaired) electrons. The lowest BCUT2D eigenvalue weighted by Gasteiger charge is -1.86. The maximum absolute atomic E-state index is 10.8. The molecule has 1 rings (SSSR count). The van der Waals surface area contributed by atoms with Crippen LogP contribution in [0.3, 0.4) is 0 Å². The average molecular weight is 176 g/mol. The lowest BCUT2D eigenvalue weighted by atomic mass is 10.8. The van der Waals surface area contributed by atoms with E-state index in [4.69, 9.17) is 0 Å². The highest BCUT2D eigenvalue weighted by atomic mass is 32.2. The Bertz CT molecular complexity index is 325. The predicted octanol–water partition coefficient (Wildman–Crippen LogP) is 0.729. The van der Waals surface area contributed by atoms with E-state index >= 15 is 0 Å². The summed E-state index contributed by atoms with van der Waals surface area (Å²) in [6, 6.07) is 0. The molecule has 0 atom stereocenters. The van der Waals surface area contributed by atoms with Gasteiger partial charge >= 0.3 is 0 Å². The minimum Gasteiger partial charge on any atom is -0.230 e. The zero-order valence-electron chi connectivity index (χ0n) is 5.36. The lowest BCUT2D eigenvalue weighted by molar-refractivity contribution is 0.599. The largest absolute Gasteiger partial charge is 0.230 e. The van der Waals surface area contributed by atoms with Gasteiger partial charge < -0.3 is 0 Å². The van der Waals surface area contributed by atoms with Crippen LogP contribution in [0.4, 0.5) is 0 Å². The summed E-state index contributed by atoms with van der Waals surface area (Å²) in [4.78, 5) is 3.70. The molecule has 0 aliphatic heterocycles. The fourth-order valence-electron chi connectivity index (χ4n) is 0.464. The summed E-state index contributed by atoms with van der Waals surface area (Å²) in [7, 11) is -3.12. The average Bonchev–Trinajstić information content (AvgIpc) is 2.11. The second kappa shape index (κ2) is 2.32. The molecule has 0 amide bonds. The number of nitrogens with zero attached hydrogens (tertiary/aromatic N) is 1.